The van der Waals surface area contributed by atoms with Crippen LogP contribution < -0.4 is 5.32 Å². The van der Waals surface area contributed by atoms with Crippen molar-refractivity contribution in [3.8, 4) is 0 Å². The first-order chi connectivity index (χ1) is 15.8. The Morgan fingerprint density at radius 3 is 2.42 bits per heavy atom. The molecule has 0 unspecified atom stereocenters. The van der Waals surface area contributed by atoms with E-state index < -0.39 is 17.8 Å². The molecule has 6 nitrogen and oxygen atoms in total. The van der Waals surface area contributed by atoms with Crippen molar-refractivity contribution >= 4 is 17.7 Å². The molecular weight excluding hydrogens is 418 g/mol. The van der Waals surface area contributed by atoms with Crippen LogP contribution >= 0.6 is 0 Å². The summed E-state index contributed by atoms with van der Waals surface area (Å²) < 4.78 is 10.9. The average molecular weight is 452 g/mol. The van der Waals surface area contributed by atoms with Gasteiger partial charge in [0.15, 0.2) is 5.78 Å². The second-order valence-corrected chi connectivity index (χ2v) is 9.56. The van der Waals surface area contributed by atoms with Crippen LogP contribution in [0.5, 0.6) is 0 Å². The Labute approximate surface area is 195 Å². The molecule has 4 rings (SSSR count). The Morgan fingerprint density at radius 2 is 1.76 bits per heavy atom. The molecule has 176 valence electrons. The standard InChI is InChI=1S/C27H33NO5/c1-15-10-8-9-13-19(15)23-22(27(31)33-18-11-6-5-7-12-18)17(3)28-20-14-16(2)21(26(30)32-4)25(29)24(20)23/h8-10,13,16,18,21,23,28H,5-7,11-12,14H2,1-4H3/t16-,21+,23-/m0/s1. The molecule has 1 aromatic carbocycles. The topological polar surface area (TPSA) is 81.7 Å². The van der Waals surface area contributed by atoms with E-state index in [9.17, 15) is 14.4 Å². The van der Waals surface area contributed by atoms with Gasteiger partial charge in [-0.1, -0.05) is 37.6 Å². The third-order valence-electron chi connectivity index (χ3n) is 7.29. The van der Waals surface area contributed by atoms with Crippen molar-refractivity contribution in [3.63, 3.8) is 0 Å². The molecule has 3 aliphatic rings. The summed E-state index contributed by atoms with van der Waals surface area (Å²) in [7, 11) is 1.31. The normalized spacial score (nSPS) is 25.9. The molecule has 0 amide bonds. The molecule has 1 N–H and O–H groups in total. The number of ketones is 1. The maximum Gasteiger partial charge on any atom is 0.337 e. The average Bonchev–Trinajstić information content (AvgIpc) is 2.79. The highest BCUT2D eigenvalue weighted by Gasteiger charge is 2.47. The number of ether oxygens (including phenoxy) is 2. The van der Waals surface area contributed by atoms with E-state index in [0.717, 1.165) is 42.5 Å². The summed E-state index contributed by atoms with van der Waals surface area (Å²) in [5, 5.41) is 3.33. The summed E-state index contributed by atoms with van der Waals surface area (Å²) >= 11 is 0. The molecule has 6 heteroatoms. The zero-order chi connectivity index (χ0) is 23.7. The lowest BCUT2D eigenvalue weighted by molar-refractivity contribution is -0.151. The molecule has 0 spiro atoms. The maximum absolute atomic E-state index is 13.8. The molecule has 33 heavy (non-hydrogen) atoms. The summed E-state index contributed by atoms with van der Waals surface area (Å²) in [5.41, 5.74) is 4.30. The first-order valence-corrected chi connectivity index (χ1v) is 11.9. The van der Waals surface area contributed by atoms with Crippen molar-refractivity contribution in [2.24, 2.45) is 11.8 Å². The van der Waals surface area contributed by atoms with E-state index in [2.05, 4.69) is 5.32 Å². The van der Waals surface area contributed by atoms with Gasteiger partial charge < -0.3 is 14.8 Å². The van der Waals surface area contributed by atoms with Crippen LogP contribution in [0, 0.1) is 18.8 Å². The SMILES string of the molecule is COC(=O)[C@H]1C(=O)C2=C(C[C@@H]1C)NC(C)=C(C(=O)OC1CCCCC1)[C@@H]2c1ccccc1C. The van der Waals surface area contributed by atoms with Crippen molar-refractivity contribution in [3.05, 3.63) is 57.9 Å². The van der Waals surface area contributed by atoms with Crippen molar-refractivity contribution in [2.45, 2.75) is 71.3 Å². The van der Waals surface area contributed by atoms with Crippen LogP contribution in [0.4, 0.5) is 0 Å². The zero-order valence-corrected chi connectivity index (χ0v) is 19.9. The fraction of sp³-hybridized carbons (Fsp3) is 0.519. The number of aryl methyl sites for hydroxylation is 1. The second-order valence-electron chi connectivity index (χ2n) is 9.56. The van der Waals surface area contributed by atoms with Crippen LogP contribution in [0.3, 0.4) is 0 Å². The lowest BCUT2D eigenvalue weighted by Crippen LogP contribution is -2.43. The molecule has 1 aliphatic heterocycles. The van der Waals surface area contributed by atoms with Crippen LogP contribution in [0.15, 0.2) is 46.8 Å². The van der Waals surface area contributed by atoms with E-state index in [-0.39, 0.29) is 23.8 Å². The summed E-state index contributed by atoms with van der Waals surface area (Å²) in [6.45, 7) is 5.73. The Balaban J connectivity index is 1.80. The fourth-order valence-corrected chi connectivity index (χ4v) is 5.57. The highest BCUT2D eigenvalue weighted by atomic mass is 16.5. The van der Waals surface area contributed by atoms with Gasteiger partial charge in [0.2, 0.25) is 0 Å². The van der Waals surface area contributed by atoms with Gasteiger partial charge in [-0.3, -0.25) is 9.59 Å². The molecule has 1 aromatic rings. The Bertz CT molecular complexity index is 1030. The van der Waals surface area contributed by atoms with Gasteiger partial charge in [0, 0.05) is 22.9 Å². The Hall–Kier alpha value is -2.89. The summed E-state index contributed by atoms with van der Waals surface area (Å²) in [4.78, 5) is 39.8. The quantitative estimate of drug-likeness (QED) is 0.537. The fourth-order valence-electron chi connectivity index (χ4n) is 5.57. The van der Waals surface area contributed by atoms with E-state index in [1.165, 1.54) is 13.5 Å². The van der Waals surface area contributed by atoms with Crippen molar-refractivity contribution < 1.29 is 23.9 Å². The van der Waals surface area contributed by atoms with E-state index >= 15 is 0 Å². The monoisotopic (exact) mass is 451 g/mol. The molecule has 0 saturated heterocycles. The number of carbonyl (C=O) groups excluding carboxylic acids is 3. The first-order valence-electron chi connectivity index (χ1n) is 11.9. The number of Topliss-reactive ketones (excluding diaryl/α,β-unsaturated/α-hetero) is 1. The highest BCUT2D eigenvalue weighted by Crippen LogP contribution is 2.46. The van der Waals surface area contributed by atoms with E-state index in [0.29, 0.717) is 23.3 Å². The van der Waals surface area contributed by atoms with E-state index in [4.69, 9.17) is 9.47 Å². The Kier molecular flexibility index (Phi) is 6.73. The van der Waals surface area contributed by atoms with Crippen LogP contribution in [-0.2, 0) is 23.9 Å². The maximum atomic E-state index is 13.8. The van der Waals surface area contributed by atoms with Gasteiger partial charge in [-0.2, -0.15) is 0 Å². The smallest absolute Gasteiger partial charge is 0.337 e. The number of rotatable bonds is 4. The second kappa shape index (κ2) is 9.54. The van der Waals surface area contributed by atoms with Gasteiger partial charge in [-0.15, -0.1) is 0 Å². The van der Waals surface area contributed by atoms with Gasteiger partial charge in [0.25, 0.3) is 0 Å². The molecule has 2 aliphatic carbocycles. The summed E-state index contributed by atoms with van der Waals surface area (Å²) in [6.07, 6.45) is 5.46. The number of esters is 2. The third-order valence-corrected chi connectivity index (χ3v) is 7.29. The van der Waals surface area contributed by atoms with E-state index in [1.54, 1.807) is 0 Å². The summed E-state index contributed by atoms with van der Waals surface area (Å²) in [6, 6.07) is 7.78. The van der Waals surface area contributed by atoms with Crippen LogP contribution in [0.1, 0.15) is 69.4 Å². The molecular formula is C27H33NO5. The predicted molar refractivity (Wildman–Crippen MR) is 124 cm³/mol. The number of hydrogen-bond donors (Lipinski definition) is 1. The van der Waals surface area contributed by atoms with Crippen molar-refractivity contribution in [1.29, 1.82) is 0 Å². The van der Waals surface area contributed by atoms with Crippen molar-refractivity contribution in [2.75, 3.05) is 7.11 Å². The molecule has 3 atom stereocenters. The molecule has 0 aromatic heterocycles. The number of carbonyl (C=O) groups is 3. The molecule has 1 heterocycles. The van der Waals surface area contributed by atoms with Crippen LogP contribution in [-0.4, -0.2) is 30.9 Å². The minimum absolute atomic E-state index is 0.0932. The Morgan fingerprint density at radius 1 is 1.06 bits per heavy atom. The van der Waals surface area contributed by atoms with Crippen LogP contribution in [0.25, 0.3) is 0 Å². The number of methoxy groups -OCH3 is 1. The minimum Gasteiger partial charge on any atom is -0.468 e. The first kappa shape index (κ1) is 23.3. The number of dihydropyridines is 1. The molecule has 1 fully saturated rings. The third kappa shape index (κ3) is 4.35. The van der Waals surface area contributed by atoms with Gasteiger partial charge in [0.1, 0.15) is 12.0 Å². The molecule has 0 radical (unpaired) electrons. The van der Waals surface area contributed by atoms with Crippen molar-refractivity contribution in [1.82, 2.24) is 5.32 Å². The van der Waals surface area contributed by atoms with Gasteiger partial charge in [-0.05, 0) is 63.0 Å². The lowest BCUT2D eigenvalue weighted by atomic mass is 9.68. The number of nitrogens with one attached hydrogen (secondary N) is 1. The molecule has 0 bridgehead atoms. The zero-order valence-electron chi connectivity index (χ0n) is 19.9. The van der Waals surface area contributed by atoms with Gasteiger partial charge >= 0.3 is 11.9 Å². The number of benzene rings is 1. The van der Waals surface area contributed by atoms with Crippen LogP contribution in [0.2, 0.25) is 0 Å². The van der Waals surface area contributed by atoms with E-state index in [1.807, 2.05) is 45.0 Å². The summed E-state index contributed by atoms with van der Waals surface area (Å²) in [5.74, 6) is -2.83. The molecule has 1 saturated carbocycles. The number of hydrogen-bond acceptors (Lipinski definition) is 6. The largest absolute Gasteiger partial charge is 0.468 e. The van der Waals surface area contributed by atoms with Gasteiger partial charge in [0.05, 0.1) is 12.7 Å². The highest BCUT2D eigenvalue weighted by molar-refractivity contribution is 6.12. The van der Waals surface area contributed by atoms with Gasteiger partial charge in [-0.25, -0.2) is 4.79 Å². The predicted octanol–water partition coefficient (Wildman–Crippen LogP) is 4.48. The number of allylic oxidation sites excluding steroid dienone is 3. The lowest BCUT2D eigenvalue weighted by Gasteiger charge is -2.39. The minimum atomic E-state index is -0.879.